The first-order valence-corrected chi connectivity index (χ1v) is 3.64. The molecule has 0 radical (unpaired) electrons. The molecule has 0 N–H and O–H groups in total. The molecule has 0 aromatic heterocycles. The molecule has 0 nitrogen and oxygen atoms in total. The quantitative estimate of drug-likeness (QED) is 0.488. The van der Waals surface area contributed by atoms with Crippen LogP contribution >= 0.6 is 9.24 Å². The molecule has 1 unspecified atom stereocenters. The molecule has 0 spiro atoms. The lowest BCUT2D eigenvalue weighted by molar-refractivity contribution is 0.407. The van der Waals surface area contributed by atoms with Crippen molar-refractivity contribution in [2.24, 2.45) is 5.41 Å². The van der Waals surface area contributed by atoms with Gasteiger partial charge in [0.05, 0.1) is 0 Å². The van der Waals surface area contributed by atoms with Crippen LogP contribution in [0, 0.1) is 5.41 Å². The van der Waals surface area contributed by atoms with Gasteiger partial charge in [-0.3, -0.25) is 0 Å². The molecule has 0 fully saturated rings. The van der Waals surface area contributed by atoms with Gasteiger partial charge in [-0.2, -0.15) is 0 Å². The molecule has 0 saturated carbocycles. The third-order valence-electron chi connectivity index (χ3n) is 1.51. The fraction of sp³-hybridized carbons (Fsp3) is 1.00. The minimum atomic E-state index is 0.546. The van der Waals surface area contributed by atoms with Crippen molar-refractivity contribution in [3.8, 4) is 0 Å². The Balaban J connectivity index is 3.36. The smallest absolute Gasteiger partial charge is 0.0322 e. The summed E-state index contributed by atoms with van der Waals surface area (Å²) >= 11 is 0. The van der Waals surface area contributed by atoms with E-state index >= 15 is 0 Å². The molecule has 0 aliphatic carbocycles. The number of hydrogen-bond acceptors (Lipinski definition) is 0. The van der Waals surface area contributed by atoms with E-state index in [9.17, 15) is 0 Å². The van der Waals surface area contributed by atoms with Crippen LogP contribution in [0.4, 0.5) is 0 Å². The van der Waals surface area contributed by atoms with Gasteiger partial charge in [0.1, 0.15) is 0 Å². The first kappa shape index (κ1) is 7.43. The molecule has 0 aliphatic heterocycles. The molecule has 7 heavy (non-hydrogen) atoms. The maximum Gasteiger partial charge on any atom is -0.0322 e. The maximum absolute atomic E-state index is 2.77. The van der Waals surface area contributed by atoms with Crippen LogP contribution in [0.15, 0.2) is 0 Å². The molecule has 1 atom stereocenters. The van der Waals surface area contributed by atoms with E-state index in [0.29, 0.717) is 5.41 Å². The van der Waals surface area contributed by atoms with Gasteiger partial charge in [0, 0.05) is 0 Å². The topological polar surface area (TPSA) is 0 Å². The lowest BCUT2D eigenvalue weighted by Gasteiger charge is -2.18. The monoisotopic (exact) mass is 118 g/mol. The molecule has 0 rings (SSSR count). The Kier molecular flexibility index (Phi) is 2.83. The zero-order valence-corrected chi connectivity index (χ0v) is 6.65. The van der Waals surface area contributed by atoms with Crippen LogP contribution in [0.5, 0.6) is 0 Å². The Morgan fingerprint density at radius 1 is 1.43 bits per heavy atom. The summed E-state index contributed by atoms with van der Waals surface area (Å²) in [7, 11) is 2.77. The third kappa shape index (κ3) is 3.05. The van der Waals surface area contributed by atoms with Crippen molar-refractivity contribution >= 4 is 9.24 Å². The Hall–Kier alpha value is 0.430. The number of rotatable bonds is 2. The fourth-order valence-electron chi connectivity index (χ4n) is 0.144. The van der Waals surface area contributed by atoms with Crippen molar-refractivity contribution in [2.75, 3.05) is 6.16 Å². The summed E-state index contributed by atoms with van der Waals surface area (Å²) < 4.78 is 0. The van der Waals surface area contributed by atoms with Gasteiger partial charge in [-0.15, -0.1) is 9.24 Å². The van der Waals surface area contributed by atoms with E-state index in [1.54, 1.807) is 0 Å². The Morgan fingerprint density at radius 2 is 1.86 bits per heavy atom. The largest absolute Gasteiger partial charge is 0.137 e. The predicted molar refractivity (Wildman–Crippen MR) is 38.6 cm³/mol. The van der Waals surface area contributed by atoms with E-state index in [-0.39, 0.29) is 0 Å². The molecule has 44 valence electrons. The van der Waals surface area contributed by atoms with E-state index in [1.165, 1.54) is 12.6 Å². The van der Waals surface area contributed by atoms with Crippen LogP contribution in [0.1, 0.15) is 27.2 Å². The van der Waals surface area contributed by atoms with Gasteiger partial charge in [0.25, 0.3) is 0 Å². The molecule has 1 heteroatoms. The molecule has 0 aromatic carbocycles. The van der Waals surface area contributed by atoms with Crippen LogP contribution in [0.3, 0.4) is 0 Å². The van der Waals surface area contributed by atoms with Gasteiger partial charge in [0.2, 0.25) is 0 Å². The van der Waals surface area contributed by atoms with Gasteiger partial charge in [0.15, 0.2) is 0 Å². The molecule has 0 aromatic rings. The summed E-state index contributed by atoms with van der Waals surface area (Å²) in [5.41, 5.74) is 0.546. The van der Waals surface area contributed by atoms with Crippen molar-refractivity contribution in [3.05, 3.63) is 0 Å². The molecule has 0 amide bonds. The average Bonchev–Trinajstić information content (AvgIpc) is 1.68. The van der Waals surface area contributed by atoms with Gasteiger partial charge in [-0.1, -0.05) is 27.2 Å². The Bertz CT molecular complexity index is 42.1. The second kappa shape index (κ2) is 2.67. The van der Waals surface area contributed by atoms with Crippen molar-refractivity contribution < 1.29 is 0 Å². The summed E-state index contributed by atoms with van der Waals surface area (Å²) in [6.45, 7) is 6.78. The van der Waals surface area contributed by atoms with Crippen LogP contribution in [-0.2, 0) is 0 Å². The second-order valence-corrected chi connectivity index (χ2v) is 3.13. The first-order valence-electron chi connectivity index (χ1n) is 2.82. The standard InChI is InChI=1S/C6H15P/c1-4-6(2,3)5-7/h4-5,7H2,1-3H3. The van der Waals surface area contributed by atoms with Gasteiger partial charge in [-0.25, -0.2) is 0 Å². The minimum absolute atomic E-state index is 0.546. The van der Waals surface area contributed by atoms with E-state index in [4.69, 9.17) is 0 Å². The highest BCUT2D eigenvalue weighted by Crippen LogP contribution is 2.21. The SMILES string of the molecule is CCC(C)(C)CP. The third-order valence-corrected chi connectivity index (χ3v) is 2.61. The Morgan fingerprint density at radius 3 is 1.86 bits per heavy atom. The molecule has 0 aliphatic rings. The first-order chi connectivity index (χ1) is 3.12. The zero-order chi connectivity index (χ0) is 5.91. The summed E-state index contributed by atoms with van der Waals surface area (Å²) in [5, 5.41) is 0. The number of hydrogen-bond donors (Lipinski definition) is 0. The van der Waals surface area contributed by atoms with E-state index in [1.807, 2.05) is 0 Å². The summed E-state index contributed by atoms with van der Waals surface area (Å²) in [6, 6.07) is 0. The van der Waals surface area contributed by atoms with Crippen molar-refractivity contribution in [3.63, 3.8) is 0 Å². The minimum Gasteiger partial charge on any atom is -0.137 e. The molecule has 0 heterocycles. The molecule has 0 bridgehead atoms. The lowest BCUT2D eigenvalue weighted by Crippen LogP contribution is -2.09. The van der Waals surface area contributed by atoms with Crippen molar-refractivity contribution in [1.29, 1.82) is 0 Å². The zero-order valence-electron chi connectivity index (χ0n) is 5.49. The van der Waals surface area contributed by atoms with Gasteiger partial charge in [-0.05, 0) is 11.6 Å². The summed E-state index contributed by atoms with van der Waals surface area (Å²) in [4.78, 5) is 0. The van der Waals surface area contributed by atoms with Crippen molar-refractivity contribution in [2.45, 2.75) is 27.2 Å². The van der Waals surface area contributed by atoms with Crippen LogP contribution in [-0.4, -0.2) is 6.16 Å². The molecular formula is C6H15P. The highest BCUT2D eigenvalue weighted by atomic mass is 31.0. The lowest BCUT2D eigenvalue weighted by atomic mass is 9.93. The maximum atomic E-state index is 2.77. The van der Waals surface area contributed by atoms with Crippen LogP contribution in [0.25, 0.3) is 0 Å². The average molecular weight is 118 g/mol. The van der Waals surface area contributed by atoms with Crippen LogP contribution in [0.2, 0.25) is 0 Å². The highest BCUT2D eigenvalue weighted by molar-refractivity contribution is 7.16. The predicted octanol–water partition coefficient (Wildman–Crippen LogP) is 2.30. The van der Waals surface area contributed by atoms with Gasteiger partial charge < -0.3 is 0 Å². The van der Waals surface area contributed by atoms with E-state index in [0.717, 1.165) is 0 Å². The van der Waals surface area contributed by atoms with Crippen molar-refractivity contribution in [1.82, 2.24) is 0 Å². The van der Waals surface area contributed by atoms with E-state index < -0.39 is 0 Å². The normalized spacial score (nSPS) is 12.0. The van der Waals surface area contributed by atoms with Gasteiger partial charge >= 0.3 is 0 Å². The fourth-order valence-corrected chi connectivity index (χ4v) is 0.433. The second-order valence-electron chi connectivity index (χ2n) is 2.72. The highest BCUT2D eigenvalue weighted by Gasteiger charge is 2.09. The molecular weight excluding hydrogens is 103 g/mol. The molecule has 0 saturated heterocycles. The summed E-state index contributed by atoms with van der Waals surface area (Å²) in [5.74, 6) is 0. The van der Waals surface area contributed by atoms with E-state index in [2.05, 4.69) is 30.0 Å². The van der Waals surface area contributed by atoms with Crippen LogP contribution < -0.4 is 0 Å². The Labute approximate surface area is 48.9 Å². The summed E-state index contributed by atoms with van der Waals surface area (Å²) in [6.07, 6.45) is 2.49.